The first kappa shape index (κ1) is 12.0. The quantitative estimate of drug-likeness (QED) is 0.679. The van der Waals surface area contributed by atoms with Gasteiger partial charge in [-0.05, 0) is 24.6 Å². The van der Waals surface area contributed by atoms with Crippen LogP contribution in [-0.2, 0) is 6.54 Å². The van der Waals surface area contributed by atoms with Crippen LogP contribution in [0.1, 0.15) is 32.6 Å². The van der Waals surface area contributed by atoms with E-state index < -0.39 is 0 Å². The van der Waals surface area contributed by atoms with Gasteiger partial charge in [0.1, 0.15) is 5.75 Å². The second-order valence-electron chi connectivity index (χ2n) is 4.46. The fraction of sp³-hybridized carbons (Fsp3) is 0.467. The van der Waals surface area contributed by atoms with Gasteiger partial charge in [-0.2, -0.15) is 0 Å². The predicted molar refractivity (Wildman–Crippen MR) is 72.6 cm³/mol. The molecule has 0 amide bonds. The lowest BCUT2D eigenvalue weighted by Crippen LogP contribution is -1.96. The number of unbranched alkanes of at least 4 members (excludes halogenated alkanes) is 3. The average molecular weight is 231 g/mol. The van der Waals surface area contributed by atoms with E-state index >= 15 is 0 Å². The van der Waals surface area contributed by atoms with Crippen molar-refractivity contribution in [1.29, 1.82) is 0 Å². The van der Waals surface area contributed by atoms with Crippen molar-refractivity contribution in [1.82, 2.24) is 4.57 Å². The summed E-state index contributed by atoms with van der Waals surface area (Å²) in [6.07, 6.45) is 7.37. The third-order valence-corrected chi connectivity index (χ3v) is 3.25. The maximum Gasteiger partial charge on any atom is 0.128 e. The van der Waals surface area contributed by atoms with Crippen molar-refractivity contribution in [2.45, 2.75) is 39.2 Å². The molecule has 17 heavy (non-hydrogen) atoms. The van der Waals surface area contributed by atoms with Crippen molar-refractivity contribution in [3.63, 3.8) is 0 Å². The molecule has 0 aliphatic rings. The standard InChI is InChI=1S/C15H21NO/c1-3-4-5-6-11-16-12-10-13-14(16)8-7-9-15(13)17-2/h7-10,12H,3-6,11H2,1-2H3. The molecule has 0 bridgehead atoms. The van der Waals surface area contributed by atoms with Crippen LogP contribution < -0.4 is 4.74 Å². The van der Waals surface area contributed by atoms with Gasteiger partial charge in [-0.1, -0.05) is 32.3 Å². The molecule has 1 aromatic heterocycles. The highest BCUT2D eigenvalue weighted by Crippen LogP contribution is 2.26. The number of benzene rings is 1. The van der Waals surface area contributed by atoms with Crippen LogP contribution in [-0.4, -0.2) is 11.7 Å². The summed E-state index contributed by atoms with van der Waals surface area (Å²) in [4.78, 5) is 0. The molecular weight excluding hydrogens is 210 g/mol. The van der Waals surface area contributed by atoms with E-state index in [1.807, 2.05) is 6.07 Å². The van der Waals surface area contributed by atoms with Crippen molar-refractivity contribution in [3.8, 4) is 5.75 Å². The molecule has 0 saturated heterocycles. The zero-order valence-electron chi connectivity index (χ0n) is 10.8. The first-order valence-corrected chi connectivity index (χ1v) is 6.48. The summed E-state index contributed by atoms with van der Waals surface area (Å²) in [5.74, 6) is 0.967. The predicted octanol–water partition coefficient (Wildman–Crippen LogP) is 4.23. The number of hydrogen-bond acceptors (Lipinski definition) is 1. The molecule has 0 saturated carbocycles. The van der Waals surface area contributed by atoms with Gasteiger partial charge in [0.2, 0.25) is 0 Å². The lowest BCUT2D eigenvalue weighted by atomic mass is 10.2. The minimum atomic E-state index is 0.967. The number of nitrogens with zero attached hydrogens (tertiary/aromatic N) is 1. The molecule has 2 rings (SSSR count). The summed E-state index contributed by atoms with van der Waals surface area (Å²) >= 11 is 0. The Labute approximate surface area is 103 Å². The van der Waals surface area contributed by atoms with E-state index in [1.165, 1.54) is 36.6 Å². The van der Waals surface area contributed by atoms with E-state index in [9.17, 15) is 0 Å². The van der Waals surface area contributed by atoms with Crippen LogP contribution in [0.25, 0.3) is 10.9 Å². The third-order valence-electron chi connectivity index (χ3n) is 3.25. The second-order valence-corrected chi connectivity index (χ2v) is 4.46. The van der Waals surface area contributed by atoms with Crippen LogP contribution >= 0.6 is 0 Å². The molecule has 2 aromatic rings. The molecule has 2 heteroatoms. The Morgan fingerprint density at radius 1 is 1.12 bits per heavy atom. The fourth-order valence-electron chi connectivity index (χ4n) is 2.28. The van der Waals surface area contributed by atoms with Crippen molar-refractivity contribution < 1.29 is 4.74 Å². The Morgan fingerprint density at radius 2 is 2.00 bits per heavy atom. The van der Waals surface area contributed by atoms with Gasteiger partial charge >= 0.3 is 0 Å². The van der Waals surface area contributed by atoms with Gasteiger partial charge in [-0.15, -0.1) is 0 Å². The van der Waals surface area contributed by atoms with Crippen molar-refractivity contribution in [2.75, 3.05) is 7.11 Å². The van der Waals surface area contributed by atoms with E-state index in [-0.39, 0.29) is 0 Å². The Kier molecular flexibility index (Phi) is 4.08. The highest BCUT2D eigenvalue weighted by atomic mass is 16.5. The summed E-state index contributed by atoms with van der Waals surface area (Å²) in [7, 11) is 1.73. The van der Waals surface area contributed by atoms with E-state index in [0.29, 0.717) is 0 Å². The second kappa shape index (κ2) is 5.76. The SMILES string of the molecule is CCCCCCn1ccc2c(OC)cccc21. The topological polar surface area (TPSA) is 14.2 Å². The third kappa shape index (κ3) is 2.63. The smallest absolute Gasteiger partial charge is 0.128 e. The summed E-state index contributed by atoms with van der Waals surface area (Å²) < 4.78 is 7.70. The number of hydrogen-bond donors (Lipinski definition) is 0. The van der Waals surface area contributed by atoms with Gasteiger partial charge in [-0.25, -0.2) is 0 Å². The van der Waals surface area contributed by atoms with Crippen molar-refractivity contribution >= 4 is 10.9 Å². The molecule has 0 aliphatic heterocycles. The van der Waals surface area contributed by atoms with Gasteiger partial charge in [0.05, 0.1) is 12.6 Å². The molecule has 0 N–H and O–H groups in total. The van der Waals surface area contributed by atoms with Crippen LogP contribution in [0, 0.1) is 0 Å². The minimum absolute atomic E-state index is 0.967. The number of aromatic nitrogens is 1. The Morgan fingerprint density at radius 3 is 2.76 bits per heavy atom. The molecule has 0 fully saturated rings. The molecule has 0 unspecified atom stereocenters. The zero-order chi connectivity index (χ0) is 12.1. The van der Waals surface area contributed by atoms with Gasteiger partial charge < -0.3 is 9.30 Å². The van der Waals surface area contributed by atoms with Gasteiger partial charge in [-0.3, -0.25) is 0 Å². The summed E-state index contributed by atoms with van der Waals surface area (Å²) in [6.45, 7) is 3.35. The summed E-state index contributed by atoms with van der Waals surface area (Å²) in [6, 6.07) is 8.39. The fourth-order valence-corrected chi connectivity index (χ4v) is 2.28. The average Bonchev–Trinajstić information content (AvgIpc) is 2.78. The summed E-state index contributed by atoms with van der Waals surface area (Å²) in [5, 5.41) is 1.21. The maximum absolute atomic E-state index is 5.37. The molecular formula is C15H21NO. The monoisotopic (exact) mass is 231 g/mol. The molecule has 1 heterocycles. The number of methoxy groups -OCH3 is 1. The van der Waals surface area contributed by atoms with Crippen molar-refractivity contribution in [3.05, 3.63) is 30.5 Å². The Bertz CT molecular complexity index is 473. The molecule has 0 spiro atoms. The summed E-state index contributed by atoms with van der Waals surface area (Å²) in [5.41, 5.74) is 1.28. The van der Waals surface area contributed by atoms with Gasteiger partial charge in [0, 0.05) is 18.1 Å². The molecule has 0 aliphatic carbocycles. The molecule has 1 aromatic carbocycles. The van der Waals surface area contributed by atoms with E-state index in [1.54, 1.807) is 7.11 Å². The number of rotatable bonds is 6. The number of fused-ring (bicyclic) bond motifs is 1. The lowest BCUT2D eigenvalue weighted by Gasteiger charge is -2.06. The van der Waals surface area contributed by atoms with Crippen LogP contribution in [0.3, 0.4) is 0 Å². The lowest BCUT2D eigenvalue weighted by molar-refractivity contribution is 0.420. The minimum Gasteiger partial charge on any atom is -0.496 e. The molecule has 2 nitrogen and oxygen atoms in total. The molecule has 0 radical (unpaired) electrons. The zero-order valence-corrected chi connectivity index (χ0v) is 10.8. The van der Waals surface area contributed by atoms with Crippen LogP contribution in [0.2, 0.25) is 0 Å². The first-order chi connectivity index (χ1) is 8.36. The highest BCUT2D eigenvalue weighted by molar-refractivity contribution is 5.86. The molecule has 0 atom stereocenters. The van der Waals surface area contributed by atoms with Gasteiger partial charge in [0.15, 0.2) is 0 Å². The maximum atomic E-state index is 5.37. The highest BCUT2D eigenvalue weighted by Gasteiger charge is 2.04. The molecule has 92 valence electrons. The van der Waals surface area contributed by atoms with Crippen LogP contribution in [0.15, 0.2) is 30.5 Å². The van der Waals surface area contributed by atoms with Gasteiger partial charge in [0.25, 0.3) is 0 Å². The normalized spacial score (nSPS) is 10.9. The Hall–Kier alpha value is -1.44. The van der Waals surface area contributed by atoms with Crippen LogP contribution in [0.5, 0.6) is 5.75 Å². The number of ether oxygens (including phenoxy) is 1. The van der Waals surface area contributed by atoms with Crippen LogP contribution in [0.4, 0.5) is 0 Å². The Balaban J connectivity index is 2.13. The first-order valence-electron chi connectivity index (χ1n) is 6.48. The number of aryl methyl sites for hydroxylation is 1. The van der Waals surface area contributed by atoms with Crippen molar-refractivity contribution in [2.24, 2.45) is 0 Å². The van der Waals surface area contributed by atoms with E-state index in [2.05, 4.69) is 35.9 Å². The van der Waals surface area contributed by atoms with E-state index in [0.717, 1.165) is 12.3 Å². The largest absolute Gasteiger partial charge is 0.496 e. The van der Waals surface area contributed by atoms with E-state index in [4.69, 9.17) is 4.74 Å².